The number of benzene rings is 2. The summed E-state index contributed by atoms with van der Waals surface area (Å²) >= 11 is 0. The Morgan fingerprint density at radius 2 is 1.59 bits per heavy atom. The van der Waals surface area contributed by atoms with Gasteiger partial charge in [-0.1, -0.05) is 18.2 Å². The van der Waals surface area contributed by atoms with E-state index in [1.165, 1.54) is 6.92 Å². The number of nitrogens with one attached hydrogen (secondary N) is 2. The predicted octanol–water partition coefficient (Wildman–Crippen LogP) is 4.90. The van der Waals surface area contributed by atoms with E-state index >= 15 is 0 Å². The second-order valence-corrected chi connectivity index (χ2v) is 6.52. The van der Waals surface area contributed by atoms with E-state index in [1.807, 2.05) is 26.0 Å². The minimum Gasteiger partial charge on any atom is -0.340 e. The van der Waals surface area contributed by atoms with Crippen molar-refractivity contribution in [2.45, 2.75) is 20.8 Å². The lowest BCUT2D eigenvalue weighted by atomic mass is 10.1. The number of nitrogens with zero attached hydrogens (tertiary/aromatic N) is 1. The normalized spacial score (nSPS) is 10.3. The summed E-state index contributed by atoms with van der Waals surface area (Å²) in [4.78, 5) is 28.3. The number of ketones is 1. The summed E-state index contributed by atoms with van der Waals surface area (Å²) in [6, 6.07) is 16.4. The van der Waals surface area contributed by atoms with Gasteiger partial charge in [0.25, 0.3) is 5.91 Å². The first-order valence-corrected chi connectivity index (χ1v) is 8.64. The zero-order valence-corrected chi connectivity index (χ0v) is 15.5. The van der Waals surface area contributed by atoms with Crippen molar-refractivity contribution >= 4 is 28.9 Å². The second kappa shape index (κ2) is 7.83. The lowest BCUT2D eigenvalue weighted by Gasteiger charge is -2.10. The van der Waals surface area contributed by atoms with Gasteiger partial charge in [0.1, 0.15) is 5.82 Å². The van der Waals surface area contributed by atoms with E-state index in [0.717, 1.165) is 16.8 Å². The van der Waals surface area contributed by atoms with Crippen molar-refractivity contribution in [3.8, 4) is 0 Å². The molecule has 2 N–H and O–H groups in total. The van der Waals surface area contributed by atoms with Crippen molar-refractivity contribution in [2.75, 3.05) is 10.6 Å². The third-order valence-electron chi connectivity index (χ3n) is 4.04. The third kappa shape index (κ3) is 4.79. The quantitative estimate of drug-likeness (QED) is 0.636. The molecule has 0 aliphatic carbocycles. The number of anilines is 3. The van der Waals surface area contributed by atoms with E-state index in [2.05, 4.69) is 21.7 Å². The Balaban J connectivity index is 1.77. The van der Waals surface area contributed by atoms with Gasteiger partial charge in [0.2, 0.25) is 0 Å². The number of carbonyl (C=O) groups excluding carboxylic acids is 2. The minimum absolute atomic E-state index is 0.0463. The first-order valence-electron chi connectivity index (χ1n) is 8.64. The summed E-state index contributed by atoms with van der Waals surface area (Å²) in [5.74, 6) is 0.279. The van der Waals surface area contributed by atoms with E-state index in [4.69, 9.17) is 0 Å². The second-order valence-electron chi connectivity index (χ2n) is 6.52. The van der Waals surface area contributed by atoms with Crippen LogP contribution in [-0.4, -0.2) is 16.7 Å². The van der Waals surface area contributed by atoms with Crippen LogP contribution in [-0.2, 0) is 0 Å². The van der Waals surface area contributed by atoms with Crippen LogP contribution in [0.3, 0.4) is 0 Å². The van der Waals surface area contributed by atoms with E-state index < -0.39 is 0 Å². The SMILES string of the molecule is CC(=O)c1cccc(NC(=O)c2ccnc(Nc3cc(C)cc(C)c3)c2)c1. The average molecular weight is 359 g/mol. The van der Waals surface area contributed by atoms with Gasteiger partial charge in [-0.05, 0) is 68.3 Å². The number of pyridine rings is 1. The molecular formula is C22H21N3O2. The number of Topliss-reactive ketones (excluding diaryl/α,β-unsaturated/α-hetero) is 1. The highest BCUT2D eigenvalue weighted by atomic mass is 16.1. The van der Waals surface area contributed by atoms with Crippen LogP contribution < -0.4 is 10.6 Å². The van der Waals surface area contributed by atoms with Gasteiger partial charge in [0.15, 0.2) is 5.78 Å². The fourth-order valence-corrected chi connectivity index (χ4v) is 2.85. The summed E-state index contributed by atoms with van der Waals surface area (Å²) in [5, 5.41) is 6.05. The van der Waals surface area contributed by atoms with E-state index in [0.29, 0.717) is 22.6 Å². The molecule has 0 saturated carbocycles. The van der Waals surface area contributed by atoms with Crippen LogP contribution in [0.1, 0.15) is 38.8 Å². The smallest absolute Gasteiger partial charge is 0.255 e. The third-order valence-corrected chi connectivity index (χ3v) is 4.04. The summed E-state index contributed by atoms with van der Waals surface area (Å²) in [5.41, 5.74) is 4.83. The molecule has 0 unspecified atom stereocenters. The molecule has 136 valence electrons. The van der Waals surface area contributed by atoms with Crippen LogP contribution in [0.15, 0.2) is 60.8 Å². The topological polar surface area (TPSA) is 71.1 Å². The first-order chi connectivity index (χ1) is 12.9. The summed E-state index contributed by atoms with van der Waals surface area (Å²) in [6.07, 6.45) is 1.59. The molecule has 5 nitrogen and oxygen atoms in total. The van der Waals surface area contributed by atoms with Crippen molar-refractivity contribution in [3.05, 3.63) is 83.0 Å². The molecule has 0 aliphatic rings. The number of hydrogen-bond acceptors (Lipinski definition) is 4. The maximum atomic E-state index is 12.6. The van der Waals surface area contributed by atoms with Crippen LogP contribution in [0.2, 0.25) is 0 Å². The number of aryl methyl sites for hydroxylation is 2. The summed E-state index contributed by atoms with van der Waals surface area (Å²) < 4.78 is 0. The van der Waals surface area contributed by atoms with Crippen LogP contribution in [0.5, 0.6) is 0 Å². The molecule has 1 aromatic heterocycles. The molecule has 3 aromatic rings. The minimum atomic E-state index is -0.262. The number of rotatable bonds is 5. The molecule has 0 bridgehead atoms. The Labute approximate surface area is 158 Å². The molecule has 3 rings (SSSR count). The zero-order chi connectivity index (χ0) is 19.4. The maximum absolute atomic E-state index is 12.6. The van der Waals surface area contributed by atoms with Crippen LogP contribution >= 0.6 is 0 Å². The Morgan fingerprint density at radius 1 is 0.852 bits per heavy atom. The highest BCUT2D eigenvalue weighted by Gasteiger charge is 2.09. The van der Waals surface area contributed by atoms with Gasteiger partial charge in [-0.2, -0.15) is 0 Å². The largest absolute Gasteiger partial charge is 0.340 e. The fourth-order valence-electron chi connectivity index (χ4n) is 2.85. The molecule has 1 amide bonds. The van der Waals surface area contributed by atoms with Crippen LogP contribution in [0.4, 0.5) is 17.2 Å². The highest BCUT2D eigenvalue weighted by Crippen LogP contribution is 2.19. The molecule has 0 radical (unpaired) electrons. The van der Waals surface area contributed by atoms with Crippen molar-refractivity contribution < 1.29 is 9.59 Å². The molecule has 5 heteroatoms. The lowest BCUT2D eigenvalue weighted by Crippen LogP contribution is -2.12. The Hall–Kier alpha value is -3.47. The van der Waals surface area contributed by atoms with Crippen molar-refractivity contribution in [1.29, 1.82) is 0 Å². The predicted molar refractivity (Wildman–Crippen MR) is 108 cm³/mol. The van der Waals surface area contributed by atoms with Crippen molar-refractivity contribution in [3.63, 3.8) is 0 Å². The Morgan fingerprint density at radius 3 is 2.30 bits per heavy atom. The van der Waals surface area contributed by atoms with E-state index in [1.54, 1.807) is 42.6 Å². The zero-order valence-electron chi connectivity index (χ0n) is 15.5. The van der Waals surface area contributed by atoms with E-state index in [-0.39, 0.29) is 11.7 Å². The summed E-state index contributed by atoms with van der Waals surface area (Å²) in [7, 11) is 0. The molecule has 0 saturated heterocycles. The monoisotopic (exact) mass is 359 g/mol. The maximum Gasteiger partial charge on any atom is 0.255 e. The van der Waals surface area contributed by atoms with Crippen LogP contribution in [0.25, 0.3) is 0 Å². The highest BCUT2D eigenvalue weighted by molar-refractivity contribution is 6.05. The van der Waals surface area contributed by atoms with Gasteiger partial charge >= 0.3 is 0 Å². The number of hydrogen-bond donors (Lipinski definition) is 2. The number of aromatic nitrogens is 1. The lowest BCUT2D eigenvalue weighted by molar-refractivity contribution is 0.101. The number of carbonyl (C=O) groups is 2. The molecule has 0 fully saturated rings. The molecule has 27 heavy (non-hydrogen) atoms. The van der Waals surface area contributed by atoms with Gasteiger partial charge in [0, 0.05) is 28.7 Å². The molecule has 2 aromatic carbocycles. The molecule has 0 aliphatic heterocycles. The van der Waals surface area contributed by atoms with Gasteiger partial charge in [0.05, 0.1) is 0 Å². The Kier molecular flexibility index (Phi) is 5.31. The molecule has 0 atom stereocenters. The average Bonchev–Trinajstić information content (AvgIpc) is 2.61. The van der Waals surface area contributed by atoms with Gasteiger partial charge in [-0.15, -0.1) is 0 Å². The summed E-state index contributed by atoms with van der Waals surface area (Å²) in [6.45, 7) is 5.56. The van der Waals surface area contributed by atoms with Crippen molar-refractivity contribution in [2.24, 2.45) is 0 Å². The van der Waals surface area contributed by atoms with Crippen molar-refractivity contribution in [1.82, 2.24) is 4.98 Å². The molecular weight excluding hydrogens is 338 g/mol. The van der Waals surface area contributed by atoms with Gasteiger partial charge in [-0.3, -0.25) is 9.59 Å². The first kappa shape index (κ1) is 18.3. The van der Waals surface area contributed by atoms with Gasteiger partial charge < -0.3 is 10.6 Å². The molecule has 0 spiro atoms. The van der Waals surface area contributed by atoms with Crippen LogP contribution in [0, 0.1) is 13.8 Å². The van der Waals surface area contributed by atoms with Gasteiger partial charge in [-0.25, -0.2) is 4.98 Å². The molecule has 1 heterocycles. The fraction of sp³-hybridized carbons (Fsp3) is 0.136. The standard InChI is InChI=1S/C22H21N3O2/c1-14-9-15(2)11-20(10-14)24-21-13-18(7-8-23-21)22(27)25-19-6-4-5-17(12-19)16(3)26/h4-13H,1-3H3,(H,23,24)(H,25,27). The Bertz CT molecular complexity index is 992. The number of amides is 1. The van der Waals surface area contributed by atoms with E-state index in [9.17, 15) is 9.59 Å².